The highest BCUT2D eigenvalue weighted by molar-refractivity contribution is 8.26. The van der Waals surface area contributed by atoms with Gasteiger partial charge in [0, 0.05) is 19.0 Å². The van der Waals surface area contributed by atoms with Gasteiger partial charge in [0.25, 0.3) is 17.7 Å². The van der Waals surface area contributed by atoms with E-state index in [0.29, 0.717) is 41.1 Å². The third-order valence-corrected chi connectivity index (χ3v) is 10.4. The SMILES string of the molecule is CC1CCN(C2=NN3C(=N)/C(=C\c4ccc(OC(=O)c5ccco5)cc4)C(=O)N=C3S2)CC1c1ccc(CN2C(=O)NC(=O)/C(=C\C=C\c3ccco3)C2=O)o1. The van der Waals surface area contributed by atoms with Crippen LogP contribution < -0.4 is 10.1 Å². The lowest BCUT2D eigenvalue weighted by molar-refractivity contribution is -0.130. The smallest absolute Gasteiger partial charge is 0.379 e. The molecule has 2 fully saturated rings. The maximum absolute atomic E-state index is 13.2. The first kappa shape index (κ1) is 36.0. The molecule has 282 valence electrons. The maximum atomic E-state index is 13.2. The molecule has 2 N–H and O–H groups in total. The number of likely N-dealkylation sites (tertiary alicyclic amines) is 1. The molecular formula is C39H31N7O9S. The molecule has 7 heterocycles. The Bertz CT molecular complexity index is 2410. The monoisotopic (exact) mass is 773 g/mol. The summed E-state index contributed by atoms with van der Waals surface area (Å²) in [6, 6.07) is 15.6. The van der Waals surface area contributed by atoms with E-state index < -0.39 is 29.7 Å². The standard InChI is InChI=1S/C39H31N7O9S/c1-22-15-16-44(21-29(22)30-14-13-26(54-30)20-45-35(49)27(33(47)41-37(45)51)7-2-5-24-6-3-17-52-24)39-43-46-32(40)28(34(48)42-38(46)56-39)19-23-9-11-25(12-10-23)55-36(50)31-8-4-18-53-31/h2-14,17-19,22,29,40H,15-16,20-21H2,1H3,(H,41,47,51)/b5-2+,27-7+,28-19+,40-32?. The van der Waals surface area contributed by atoms with Crippen molar-refractivity contribution in [3.63, 3.8) is 0 Å². The van der Waals surface area contributed by atoms with Crippen LogP contribution in [0, 0.1) is 11.3 Å². The normalized spacial score (nSPS) is 21.6. The minimum atomic E-state index is -0.845. The van der Waals surface area contributed by atoms with Gasteiger partial charge in [-0.3, -0.25) is 30.0 Å². The first-order chi connectivity index (χ1) is 27.1. The molecule has 2 atom stereocenters. The summed E-state index contributed by atoms with van der Waals surface area (Å²) in [5, 5.41) is 17.9. The quantitative estimate of drug-likeness (QED) is 0.0972. The number of nitrogens with one attached hydrogen (secondary N) is 2. The van der Waals surface area contributed by atoms with Crippen molar-refractivity contribution in [3.05, 3.63) is 125 Å². The van der Waals surface area contributed by atoms with E-state index in [-0.39, 0.29) is 52.0 Å². The number of carbonyl (C=O) groups is 5. The molecule has 4 aliphatic rings. The molecule has 1 aromatic carbocycles. The molecule has 4 aliphatic heterocycles. The van der Waals surface area contributed by atoms with Crippen molar-refractivity contribution < 1.29 is 42.0 Å². The molecular weight excluding hydrogens is 743 g/mol. The second-order valence-corrected chi connectivity index (χ2v) is 14.0. The van der Waals surface area contributed by atoms with Crippen LogP contribution in [-0.2, 0) is 20.9 Å². The van der Waals surface area contributed by atoms with Crippen molar-refractivity contribution in [2.24, 2.45) is 16.0 Å². The number of benzene rings is 1. The van der Waals surface area contributed by atoms with E-state index in [1.165, 1.54) is 53.6 Å². The van der Waals surface area contributed by atoms with Crippen LogP contribution in [-0.4, -0.2) is 73.8 Å². The van der Waals surface area contributed by atoms with Gasteiger partial charge >= 0.3 is 12.0 Å². The number of urea groups is 1. The number of barbiturate groups is 1. The van der Waals surface area contributed by atoms with Gasteiger partial charge in [-0.05, 0) is 96.4 Å². The maximum Gasteiger partial charge on any atom is 0.379 e. The number of furan rings is 3. The number of hydrogen-bond donors (Lipinski definition) is 2. The van der Waals surface area contributed by atoms with Gasteiger partial charge in [-0.25, -0.2) is 9.59 Å². The molecule has 0 spiro atoms. The van der Waals surface area contributed by atoms with Crippen molar-refractivity contribution in [3.8, 4) is 5.75 Å². The number of amidine groups is 3. The number of allylic oxidation sites excluding steroid dienone is 2. The summed E-state index contributed by atoms with van der Waals surface area (Å²) in [6.07, 6.45) is 9.60. The van der Waals surface area contributed by atoms with Crippen LogP contribution in [0.25, 0.3) is 12.2 Å². The van der Waals surface area contributed by atoms with E-state index in [0.717, 1.165) is 11.3 Å². The Hall–Kier alpha value is -7.01. The lowest BCUT2D eigenvalue weighted by Crippen LogP contribution is -2.53. The summed E-state index contributed by atoms with van der Waals surface area (Å²) in [4.78, 5) is 70.9. The molecule has 56 heavy (non-hydrogen) atoms. The molecule has 16 nitrogen and oxygen atoms in total. The largest absolute Gasteiger partial charge is 0.465 e. The highest BCUT2D eigenvalue weighted by atomic mass is 32.2. The molecule has 8 rings (SSSR count). The summed E-state index contributed by atoms with van der Waals surface area (Å²) in [5.41, 5.74) is 0.431. The Morgan fingerprint density at radius 3 is 2.59 bits per heavy atom. The molecule has 0 bridgehead atoms. The van der Waals surface area contributed by atoms with E-state index in [1.54, 1.807) is 54.6 Å². The van der Waals surface area contributed by atoms with Crippen LogP contribution in [0.4, 0.5) is 4.79 Å². The van der Waals surface area contributed by atoms with Gasteiger partial charge in [-0.1, -0.05) is 25.1 Å². The van der Waals surface area contributed by atoms with Crippen LogP contribution in [0.3, 0.4) is 0 Å². The number of hydrazone groups is 1. The Morgan fingerprint density at radius 2 is 1.82 bits per heavy atom. The highest BCUT2D eigenvalue weighted by Crippen LogP contribution is 2.37. The fourth-order valence-corrected chi connectivity index (χ4v) is 7.32. The third kappa shape index (κ3) is 7.26. The number of piperidine rings is 1. The Labute approximate surface area is 322 Å². The molecule has 0 radical (unpaired) electrons. The number of nitrogens with zero attached hydrogens (tertiary/aromatic N) is 5. The van der Waals surface area contributed by atoms with E-state index in [9.17, 15) is 24.0 Å². The van der Waals surface area contributed by atoms with E-state index in [4.69, 9.17) is 23.4 Å². The molecule has 5 amide bonds. The number of carbonyl (C=O) groups excluding carboxylic acids is 5. The summed E-state index contributed by atoms with van der Waals surface area (Å²) >= 11 is 1.20. The second kappa shape index (κ2) is 15.0. The van der Waals surface area contributed by atoms with E-state index >= 15 is 0 Å². The predicted molar refractivity (Wildman–Crippen MR) is 202 cm³/mol. The highest BCUT2D eigenvalue weighted by Gasteiger charge is 2.40. The Kier molecular flexibility index (Phi) is 9.65. The number of ether oxygens (including phenoxy) is 1. The van der Waals surface area contributed by atoms with Crippen molar-refractivity contribution in [2.45, 2.75) is 25.8 Å². The van der Waals surface area contributed by atoms with Gasteiger partial charge in [0.15, 0.2) is 11.0 Å². The number of amides is 5. The number of esters is 1. The average molecular weight is 774 g/mol. The minimum Gasteiger partial charge on any atom is -0.465 e. The van der Waals surface area contributed by atoms with Gasteiger partial charge in [-0.15, -0.1) is 5.10 Å². The topological polar surface area (TPSA) is 204 Å². The van der Waals surface area contributed by atoms with Crippen molar-refractivity contribution in [1.29, 1.82) is 5.41 Å². The molecule has 4 aromatic rings. The number of rotatable bonds is 8. The second-order valence-electron chi connectivity index (χ2n) is 13.1. The number of hydrogen-bond acceptors (Lipinski definition) is 13. The first-order valence-corrected chi connectivity index (χ1v) is 18.2. The fourth-order valence-electron chi connectivity index (χ4n) is 6.39. The fraction of sp³-hybridized carbons (Fsp3) is 0.179. The summed E-state index contributed by atoms with van der Waals surface area (Å²) < 4.78 is 21.8. The van der Waals surface area contributed by atoms with Crippen molar-refractivity contribution in [2.75, 3.05) is 13.1 Å². The van der Waals surface area contributed by atoms with Crippen molar-refractivity contribution >= 4 is 69.8 Å². The zero-order valence-electron chi connectivity index (χ0n) is 29.5. The van der Waals surface area contributed by atoms with Gasteiger partial charge in [0.05, 0.1) is 24.6 Å². The van der Waals surface area contributed by atoms with Crippen LogP contribution in [0.5, 0.6) is 5.75 Å². The summed E-state index contributed by atoms with van der Waals surface area (Å²) in [7, 11) is 0. The van der Waals surface area contributed by atoms with Crippen molar-refractivity contribution in [1.82, 2.24) is 20.1 Å². The minimum absolute atomic E-state index is 0.0473. The van der Waals surface area contributed by atoms with Gasteiger partial charge in [0.2, 0.25) is 10.9 Å². The first-order valence-electron chi connectivity index (χ1n) is 17.4. The molecule has 0 aliphatic carbocycles. The Morgan fingerprint density at radius 1 is 1.02 bits per heavy atom. The number of thioether (sulfide) groups is 1. The van der Waals surface area contributed by atoms with E-state index in [2.05, 4.69) is 27.2 Å². The average Bonchev–Trinajstić information content (AvgIpc) is 4.03. The number of fused-ring (bicyclic) bond motifs is 1. The van der Waals surface area contributed by atoms with E-state index in [1.807, 2.05) is 6.07 Å². The van der Waals surface area contributed by atoms with Gasteiger partial charge < -0.3 is 22.9 Å². The van der Waals surface area contributed by atoms with Gasteiger partial charge in [-0.2, -0.15) is 10.0 Å². The van der Waals surface area contributed by atoms with Crippen LogP contribution >= 0.6 is 11.8 Å². The zero-order chi connectivity index (χ0) is 38.9. The Balaban J connectivity index is 0.924. The lowest BCUT2D eigenvalue weighted by atomic mass is 9.85. The molecule has 3 aromatic heterocycles. The number of aliphatic imine (C=N–C) groups is 1. The molecule has 17 heteroatoms. The van der Waals surface area contributed by atoms with Gasteiger partial charge in [0.1, 0.15) is 28.6 Å². The molecule has 2 saturated heterocycles. The zero-order valence-corrected chi connectivity index (χ0v) is 30.4. The lowest BCUT2D eigenvalue weighted by Gasteiger charge is -2.36. The number of imide groups is 2. The molecule has 0 saturated carbocycles. The predicted octanol–water partition coefficient (Wildman–Crippen LogP) is 5.61. The third-order valence-electron chi connectivity index (χ3n) is 9.41. The van der Waals surface area contributed by atoms with Crippen LogP contribution in [0.1, 0.15) is 52.7 Å². The van der Waals surface area contributed by atoms with Crippen LogP contribution in [0.2, 0.25) is 0 Å². The molecule has 2 unspecified atom stereocenters. The van der Waals surface area contributed by atoms with Crippen LogP contribution in [0.15, 0.2) is 120 Å². The summed E-state index contributed by atoms with van der Waals surface area (Å²) in [6.45, 7) is 3.10. The summed E-state index contributed by atoms with van der Waals surface area (Å²) in [5.74, 6) is -0.877.